The lowest BCUT2D eigenvalue weighted by Gasteiger charge is -1.89. The lowest BCUT2D eigenvalue weighted by Crippen LogP contribution is -1.84. The quantitative estimate of drug-likeness (QED) is 0.554. The van der Waals surface area contributed by atoms with Crippen molar-refractivity contribution >= 4 is 12.1 Å². The van der Waals surface area contributed by atoms with Crippen LogP contribution >= 0.6 is 0 Å². The van der Waals surface area contributed by atoms with Gasteiger partial charge >= 0.3 is 0 Å². The minimum Gasteiger partial charge on any atom is -0.303 e. The number of aldehydes is 1. The third-order valence-electron chi connectivity index (χ3n) is 0.568. The van der Waals surface area contributed by atoms with Crippen LogP contribution in [-0.4, -0.2) is 12.1 Å². The van der Waals surface area contributed by atoms with Gasteiger partial charge in [-0.15, -0.1) is 0 Å². The van der Waals surface area contributed by atoms with E-state index in [-0.39, 0.29) is 5.78 Å². The Bertz CT molecular complexity index is 91.4. The van der Waals surface area contributed by atoms with Crippen molar-refractivity contribution in [3.8, 4) is 0 Å². The first-order valence-corrected chi connectivity index (χ1v) is 3.41. The number of hydrogen-bond donors (Lipinski definition) is 0. The summed E-state index contributed by atoms with van der Waals surface area (Å²) in [6.07, 6.45) is 1.64. The van der Waals surface area contributed by atoms with E-state index in [1.807, 2.05) is 13.8 Å². The number of ketones is 1. The molecule has 0 aromatic rings. The first-order valence-electron chi connectivity index (χ1n) is 3.41. The van der Waals surface area contributed by atoms with E-state index in [4.69, 9.17) is 0 Å². The molecule has 0 bridgehead atoms. The zero-order chi connectivity index (χ0) is 8.57. The maximum absolute atomic E-state index is 9.62. The lowest BCUT2D eigenvalue weighted by atomic mass is 10.2. The summed E-state index contributed by atoms with van der Waals surface area (Å²) in [5, 5.41) is 0. The van der Waals surface area contributed by atoms with Crippen molar-refractivity contribution in [1.29, 1.82) is 0 Å². The molecular weight excluding hydrogens is 128 g/mol. The van der Waals surface area contributed by atoms with E-state index in [2.05, 4.69) is 0 Å². The Kier molecular flexibility index (Phi) is 10.1. The van der Waals surface area contributed by atoms with Crippen LogP contribution < -0.4 is 0 Å². The predicted molar refractivity (Wildman–Crippen MR) is 41.9 cm³/mol. The highest BCUT2D eigenvalue weighted by Gasteiger charge is 1.85. The Morgan fingerprint density at radius 3 is 1.70 bits per heavy atom. The maximum atomic E-state index is 9.62. The number of carbonyl (C=O) groups is 2. The van der Waals surface area contributed by atoms with Crippen molar-refractivity contribution in [1.82, 2.24) is 0 Å². The minimum atomic E-state index is 0.167. The van der Waals surface area contributed by atoms with E-state index in [0.717, 1.165) is 6.29 Å². The van der Waals surface area contributed by atoms with Gasteiger partial charge in [0.25, 0.3) is 0 Å². The summed E-state index contributed by atoms with van der Waals surface area (Å²) in [4.78, 5) is 19.1. The molecule has 0 saturated heterocycles. The summed E-state index contributed by atoms with van der Waals surface area (Å²) in [7, 11) is 0. The van der Waals surface area contributed by atoms with Crippen molar-refractivity contribution in [3.05, 3.63) is 0 Å². The van der Waals surface area contributed by atoms with Gasteiger partial charge in [0, 0.05) is 6.42 Å². The van der Waals surface area contributed by atoms with Crippen molar-refractivity contribution in [2.24, 2.45) is 5.92 Å². The van der Waals surface area contributed by atoms with Gasteiger partial charge in [-0.25, -0.2) is 0 Å². The van der Waals surface area contributed by atoms with Crippen LogP contribution in [0.5, 0.6) is 0 Å². The van der Waals surface area contributed by atoms with E-state index in [1.54, 1.807) is 0 Å². The molecule has 0 aliphatic carbocycles. The Hall–Kier alpha value is -0.660. The zero-order valence-electron chi connectivity index (χ0n) is 7.18. The molecule has 0 spiro atoms. The van der Waals surface area contributed by atoms with E-state index < -0.39 is 0 Å². The molecule has 0 atom stereocenters. The highest BCUT2D eigenvalue weighted by atomic mass is 16.1. The molecule has 0 fully saturated rings. The van der Waals surface area contributed by atoms with Crippen LogP contribution in [0.2, 0.25) is 0 Å². The van der Waals surface area contributed by atoms with Crippen LogP contribution in [0.25, 0.3) is 0 Å². The third kappa shape index (κ3) is 53.9. The lowest BCUT2D eigenvalue weighted by molar-refractivity contribution is -0.115. The van der Waals surface area contributed by atoms with Gasteiger partial charge in [0.1, 0.15) is 12.1 Å². The van der Waals surface area contributed by atoms with Crippen molar-refractivity contribution in [2.45, 2.75) is 34.1 Å². The molecule has 0 amide bonds. The smallest absolute Gasteiger partial charge is 0.126 e. The Morgan fingerprint density at radius 2 is 1.70 bits per heavy atom. The predicted octanol–water partition coefficient (Wildman–Crippen LogP) is 1.83. The van der Waals surface area contributed by atoms with Crippen LogP contribution in [-0.2, 0) is 9.59 Å². The molecule has 0 aromatic carbocycles. The average Bonchev–Trinajstić information content (AvgIpc) is 1.62. The van der Waals surface area contributed by atoms with Crippen LogP contribution in [0.4, 0.5) is 0 Å². The van der Waals surface area contributed by atoms with Crippen molar-refractivity contribution < 1.29 is 9.59 Å². The molecule has 0 rings (SSSR count). The van der Waals surface area contributed by atoms with Crippen molar-refractivity contribution in [2.75, 3.05) is 0 Å². The molecule has 0 aliphatic rings. The van der Waals surface area contributed by atoms with Gasteiger partial charge in [-0.2, -0.15) is 0 Å². The topological polar surface area (TPSA) is 34.1 Å². The molecule has 0 aliphatic heterocycles. The second-order valence-electron chi connectivity index (χ2n) is 2.70. The van der Waals surface area contributed by atoms with Gasteiger partial charge < -0.3 is 9.59 Å². The average molecular weight is 144 g/mol. The number of rotatable bonds is 2. The largest absolute Gasteiger partial charge is 0.303 e. The molecule has 2 nitrogen and oxygen atoms in total. The highest BCUT2D eigenvalue weighted by molar-refractivity contribution is 5.72. The fraction of sp³-hybridized carbons (Fsp3) is 0.750. The highest BCUT2D eigenvalue weighted by Crippen LogP contribution is 1.92. The number of carbonyl (C=O) groups excluding carboxylic acids is 2. The molecule has 2 heteroatoms. The zero-order valence-corrected chi connectivity index (χ0v) is 7.18. The Balaban J connectivity index is 0. The normalized spacial score (nSPS) is 8.10. The second kappa shape index (κ2) is 8.34. The standard InChI is InChI=1S/C5H10O.C3H6O/c1-5(2)3-4-6;1-3(2)4/h4-5H,3H2,1-2H3;1-2H3. The molecule has 0 unspecified atom stereocenters. The van der Waals surface area contributed by atoms with Gasteiger partial charge in [-0.05, 0) is 19.8 Å². The Morgan fingerprint density at radius 1 is 1.40 bits per heavy atom. The van der Waals surface area contributed by atoms with E-state index in [1.165, 1.54) is 13.8 Å². The number of Topliss-reactive ketones (excluding diaryl/α,β-unsaturated/α-hetero) is 1. The first-order chi connectivity index (χ1) is 4.50. The molecule has 0 saturated carbocycles. The molecule has 0 aromatic heterocycles. The Labute approximate surface area is 62.6 Å². The molecule has 60 valence electrons. The van der Waals surface area contributed by atoms with Gasteiger partial charge in [0.15, 0.2) is 0 Å². The summed E-state index contributed by atoms with van der Waals surface area (Å²) in [5.41, 5.74) is 0. The number of hydrogen-bond acceptors (Lipinski definition) is 2. The third-order valence-corrected chi connectivity index (χ3v) is 0.568. The minimum absolute atomic E-state index is 0.167. The second-order valence-corrected chi connectivity index (χ2v) is 2.70. The molecule has 0 heterocycles. The fourth-order valence-electron chi connectivity index (χ4n) is 0.192. The first kappa shape index (κ1) is 12.1. The van der Waals surface area contributed by atoms with Crippen LogP contribution in [0.15, 0.2) is 0 Å². The van der Waals surface area contributed by atoms with Gasteiger partial charge in [-0.3, -0.25) is 0 Å². The summed E-state index contributed by atoms with van der Waals surface area (Å²) in [6, 6.07) is 0. The summed E-state index contributed by atoms with van der Waals surface area (Å²) >= 11 is 0. The van der Waals surface area contributed by atoms with Crippen molar-refractivity contribution in [3.63, 3.8) is 0 Å². The molecular formula is C8H16O2. The van der Waals surface area contributed by atoms with Gasteiger partial charge in [-0.1, -0.05) is 13.8 Å². The van der Waals surface area contributed by atoms with Crippen LogP contribution in [0.1, 0.15) is 34.1 Å². The van der Waals surface area contributed by atoms with Crippen LogP contribution in [0.3, 0.4) is 0 Å². The summed E-state index contributed by atoms with van der Waals surface area (Å²) < 4.78 is 0. The van der Waals surface area contributed by atoms with E-state index in [9.17, 15) is 9.59 Å². The van der Waals surface area contributed by atoms with Crippen LogP contribution in [0, 0.1) is 5.92 Å². The SMILES string of the molecule is CC(C)=O.CC(C)CC=O. The molecule has 10 heavy (non-hydrogen) atoms. The summed E-state index contributed by atoms with van der Waals surface area (Å²) in [5.74, 6) is 0.697. The fourth-order valence-corrected chi connectivity index (χ4v) is 0.192. The van der Waals surface area contributed by atoms with Gasteiger partial charge in [0.2, 0.25) is 0 Å². The monoisotopic (exact) mass is 144 g/mol. The van der Waals surface area contributed by atoms with E-state index >= 15 is 0 Å². The molecule has 0 N–H and O–H groups in total. The van der Waals surface area contributed by atoms with Gasteiger partial charge in [0.05, 0.1) is 0 Å². The molecule has 0 radical (unpaired) electrons. The summed E-state index contributed by atoms with van der Waals surface area (Å²) in [6.45, 7) is 7.10. The van der Waals surface area contributed by atoms with E-state index in [0.29, 0.717) is 12.3 Å². The maximum Gasteiger partial charge on any atom is 0.126 e.